The van der Waals surface area contributed by atoms with Crippen molar-refractivity contribution in [1.29, 1.82) is 0 Å². The zero-order valence-corrected chi connectivity index (χ0v) is 17.0. The summed E-state index contributed by atoms with van der Waals surface area (Å²) in [4.78, 5) is 27.8. The Labute approximate surface area is 165 Å². The first-order chi connectivity index (χ1) is 13.2. The van der Waals surface area contributed by atoms with Crippen LogP contribution in [0.3, 0.4) is 0 Å². The number of hydrogen-bond acceptors (Lipinski definition) is 5. The van der Waals surface area contributed by atoms with Crippen LogP contribution in [0.1, 0.15) is 55.8 Å². The van der Waals surface area contributed by atoms with Gasteiger partial charge in [0.25, 0.3) is 5.91 Å². The summed E-state index contributed by atoms with van der Waals surface area (Å²) in [6.45, 7) is 2.38. The standard InChI is InChI=1S/C21H29NO4S/c1-3-13-26-21(24)18-14-27-20(16-7-5-4-6-8-16)22(18)19(23)15-9-11-17(25-2)12-10-15/h9-12,16,18,20H,3-8,13-14H2,1-2H3. The molecule has 2 fully saturated rings. The minimum atomic E-state index is -0.497. The Morgan fingerprint density at radius 1 is 1.15 bits per heavy atom. The number of methoxy groups -OCH3 is 1. The van der Waals surface area contributed by atoms with Crippen molar-refractivity contribution < 1.29 is 19.1 Å². The van der Waals surface area contributed by atoms with E-state index < -0.39 is 6.04 Å². The van der Waals surface area contributed by atoms with Crippen LogP contribution < -0.4 is 4.74 Å². The number of thioether (sulfide) groups is 1. The molecule has 1 heterocycles. The molecule has 0 aromatic heterocycles. The minimum absolute atomic E-state index is 0.0547. The Morgan fingerprint density at radius 3 is 2.48 bits per heavy atom. The van der Waals surface area contributed by atoms with Crippen molar-refractivity contribution >= 4 is 23.6 Å². The molecule has 1 aromatic carbocycles. The molecule has 1 amide bonds. The predicted octanol–water partition coefficient (Wildman–Crippen LogP) is 4.11. The molecule has 1 saturated carbocycles. The van der Waals surface area contributed by atoms with Gasteiger partial charge in [-0.2, -0.15) is 0 Å². The molecule has 27 heavy (non-hydrogen) atoms. The number of hydrogen-bond donors (Lipinski definition) is 0. The first kappa shape index (κ1) is 20.1. The first-order valence-corrected chi connectivity index (χ1v) is 11.0. The van der Waals surface area contributed by atoms with E-state index in [9.17, 15) is 9.59 Å². The van der Waals surface area contributed by atoms with Crippen molar-refractivity contribution in [1.82, 2.24) is 4.90 Å². The number of nitrogens with zero attached hydrogens (tertiary/aromatic N) is 1. The van der Waals surface area contributed by atoms with Crippen LogP contribution in [0, 0.1) is 5.92 Å². The SMILES string of the molecule is CCCOC(=O)C1CSC(C2CCCCC2)N1C(=O)c1ccc(OC)cc1. The van der Waals surface area contributed by atoms with E-state index in [1.807, 2.05) is 6.92 Å². The van der Waals surface area contributed by atoms with E-state index >= 15 is 0 Å². The van der Waals surface area contributed by atoms with Crippen LogP contribution in [-0.4, -0.2) is 47.7 Å². The summed E-state index contributed by atoms with van der Waals surface area (Å²) < 4.78 is 10.6. The molecule has 1 aliphatic heterocycles. The molecule has 0 N–H and O–H groups in total. The highest BCUT2D eigenvalue weighted by Crippen LogP contribution is 2.41. The van der Waals surface area contributed by atoms with Gasteiger partial charge in [0.2, 0.25) is 0 Å². The second-order valence-electron chi connectivity index (χ2n) is 7.25. The minimum Gasteiger partial charge on any atom is -0.497 e. The van der Waals surface area contributed by atoms with Gasteiger partial charge in [0, 0.05) is 11.3 Å². The van der Waals surface area contributed by atoms with E-state index in [1.54, 1.807) is 48.0 Å². The third-order valence-electron chi connectivity index (χ3n) is 5.38. The summed E-state index contributed by atoms with van der Waals surface area (Å²) in [6.07, 6.45) is 6.71. The lowest BCUT2D eigenvalue weighted by atomic mass is 9.88. The summed E-state index contributed by atoms with van der Waals surface area (Å²) in [5.74, 6) is 1.42. The number of esters is 1. The number of carbonyl (C=O) groups excluding carboxylic acids is 2. The summed E-state index contributed by atoms with van der Waals surface area (Å²) in [6, 6.07) is 6.63. The van der Waals surface area contributed by atoms with E-state index in [4.69, 9.17) is 9.47 Å². The lowest BCUT2D eigenvalue weighted by Crippen LogP contribution is -2.48. The highest BCUT2D eigenvalue weighted by Gasteiger charge is 2.45. The third kappa shape index (κ3) is 4.60. The van der Waals surface area contributed by atoms with E-state index in [2.05, 4.69) is 0 Å². The van der Waals surface area contributed by atoms with Crippen LogP contribution in [-0.2, 0) is 9.53 Å². The summed E-state index contributed by atoms with van der Waals surface area (Å²) in [5, 5.41) is 0.0547. The number of benzene rings is 1. The van der Waals surface area contributed by atoms with Crippen molar-refractivity contribution in [3.05, 3.63) is 29.8 Å². The Morgan fingerprint density at radius 2 is 1.85 bits per heavy atom. The summed E-state index contributed by atoms with van der Waals surface area (Å²) in [7, 11) is 1.60. The largest absolute Gasteiger partial charge is 0.497 e. The van der Waals surface area contributed by atoms with E-state index in [-0.39, 0.29) is 17.3 Å². The van der Waals surface area contributed by atoms with Crippen LogP contribution in [0.2, 0.25) is 0 Å². The van der Waals surface area contributed by atoms with Gasteiger partial charge in [-0.1, -0.05) is 26.2 Å². The number of rotatable bonds is 6. The maximum Gasteiger partial charge on any atom is 0.329 e. The molecule has 2 unspecified atom stereocenters. The smallest absolute Gasteiger partial charge is 0.329 e. The maximum absolute atomic E-state index is 13.4. The molecular weight excluding hydrogens is 362 g/mol. The van der Waals surface area contributed by atoms with Gasteiger partial charge in [0.1, 0.15) is 11.8 Å². The van der Waals surface area contributed by atoms with Gasteiger partial charge in [-0.15, -0.1) is 11.8 Å². The number of ether oxygens (including phenoxy) is 2. The second-order valence-corrected chi connectivity index (χ2v) is 8.40. The fraction of sp³-hybridized carbons (Fsp3) is 0.619. The summed E-state index contributed by atoms with van der Waals surface area (Å²) in [5.41, 5.74) is 0.590. The summed E-state index contributed by atoms with van der Waals surface area (Å²) >= 11 is 1.74. The molecule has 0 bridgehead atoms. The lowest BCUT2D eigenvalue weighted by Gasteiger charge is -2.35. The molecule has 1 saturated heterocycles. The Balaban J connectivity index is 1.83. The van der Waals surface area contributed by atoms with E-state index in [0.29, 0.717) is 29.6 Å². The number of carbonyl (C=O) groups is 2. The molecule has 3 rings (SSSR count). The van der Waals surface area contributed by atoms with Gasteiger partial charge in [-0.25, -0.2) is 4.79 Å². The van der Waals surface area contributed by atoms with E-state index in [0.717, 1.165) is 19.3 Å². The fourth-order valence-corrected chi connectivity index (χ4v) is 5.55. The van der Waals surface area contributed by atoms with Crippen molar-refractivity contribution in [2.45, 2.75) is 56.9 Å². The van der Waals surface area contributed by atoms with Gasteiger partial charge in [0.05, 0.1) is 19.1 Å². The molecule has 0 spiro atoms. The van der Waals surface area contributed by atoms with Crippen LogP contribution in [0.4, 0.5) is 0 Å². The average Bonchev–Trinajstić information content (AvgIpc) is 3.17. The molecule has 2 atom stereocenters. The van der Waals surface area contributed by atoms with Crippen molar-refractivity contribution in [3.63, 3.8) is 0 Å². The molecule has 6 heteroatoms. The first-order valence-electron chi connectivity index (χ1n) is 9.90. The Hall–Kier alpha value is -1.69. The van der Waals surface area contributed by atoms with Crippen LogP contribution >= 0.6 is 11.8 Å². The third-order valence-corrected chi connectivity index (χ3v) is 6.84. The van der Waals surface area contributed by atoms with Gasteiger partial charge < -0.3 is 14.4 Å². The van der Waals surface area contributed by atoms with Crippen molar-refractivity contribution in [2.75, 3.05) is 19.5 Å². The number of amides is 1. The zero-order valence-electron chi connectivity index (χ0n) is 16.2. The van der Waals surface area contributed by atoms with Crippen LogP contribution in [0.15, 0.2) is 24.3 Å². The highest BCUT2D eigenvalue weighted by molar-refractivity contribution is 8.00. The molecule has 0 radical (unpaired) electrons. The molecule has 148 valence electrons. The highest BCUT2D eigenvalue weighted by atomic mass is 32.2. The zero-order chi connectivity index (χ0) is 19.2. The maximum atomic E-state index is 13.4. The second kappa shape index (κ2) is 9.49. The lowest BCUT2D eigenvalue weighted by molar-refractivity contribution is -0.148. The van der Waals surface area contributed by atoms with Crippen LogP contribution in [0.25, 0.3) is 0 Å². The van der Waals surface area contributed by atoms with Gasteiger partial charge >= 0.3 is 5.97 Å². The van der Waals surface area contributed by atoms with Crippen molar-refractivity contribution in [2.24, 2.45) is 5.92 Å². The van der Waals surface area contributed by atoms with E-state index in [1.165, 1.54) is 19.3 Å². The molecule has 2 aliphatic rings. The Bertz CT molecular complexity index is 642. The van der Waals surface area contributed by atoms with Crippen molar-refractivity contribution in [3.8, 4) is 5.75 Å². The normalized spacial score (nSPS) is 23.3. The van der Waals surface area contributed by atoms with Gasteiger partial charge in [-0.05, 0) is 49.4 Å². The topological polar surface area (TPSA) is 55.8 Å². The molecule has 5 nitrogen and oxygen atoms in total. The quantitative estimate of drug-likeness (QED) is 0.683. The average molecular weight is 392 g/mol. The molecule has 1 aromatic rings. The molecular formula is C21H29NO4S. The molecule has 1 aliphatic carbocycles. The van der Waals surface area contributed by atoms with Crippen LogP contribution in [0.5, 0.6) is 5.75 Å². The Kier molecular flexibility index (Phi) is 7.05. The van der Waals surface area contributed by atoms with Gasteiger partial charge in [-0.3, -0.25) is 4.79 Å². The fourth-order valence-electron chi connectivity index (χ4n) is 3.93. The predicted molar refractivity (Wildman–Crippen MR) is 107 cm³/mol. The monoisotopic (exact) mass is 391 g/mol. The van der Waals surface area contributed by atoms with Gasteiger partial charge in [0.15, 0.2) is 0 Å².